The van der Waals surface area contributed by atoms with Gasteiger partial charge in [-0.2, -0.15) is 0 Å². The molecule has 2 heterocycles. The van der Waals surface area contributed by atoms with Crippen LogP contribution in [0.2, 0.25) is 5.02 Å². The third kappa shape index (κ3) is 5.85. The molecule has 0 saturated carbocycles. The van der Waals surface area contributed by atoms with E-state index in [9.17, 15) is 14.4 Å². The number of likely N-dealkylation sites (tertiary alicyclic amines) is 2. The first-order valence-electron chi connectivity index (χ1n) is 10.1. The van der Waals surface area contributed by atoms with E-state index in [0.29, 0.717) is 48.3 Å². The number of rotatable bonds is 7. The summed E-state index contributed by atoms with van der Waals surface area (Å²) in [5.41, 5.74) is 0.636. The predicted molar refractivity (Wildman–Crippen MR) is 111 cm³/mol. The van der Waals surface area contributed by atoms with E-state index in [-0.39, 0.29) is 24.3 Å². The van der Waals surface area contributed by atoms with Gasteiger partial charge in [0.25, 0.3) is 0 Å². The maximum Gasteiger partial charge on any atom is 0.242 e. The van der Waals surface area contributed by atoms with Crippen LogP contribution in [0.25, 0.3) is 0 Å². The fourth-order valence-electron chi connectivity index (χ4n) is 3.96. The molecular formula is C21H28ClN3O4. The quantitative estimate of drug-likeness (QED) is 0.734. The van der Waals surface area contributed by atoms with Crippen molar-refractivity contribution in [3.63, 3.8) is 0 Å². The summed E-state index contributed by atoms with van der Waals surface area (Å²) in [4.78, 5) is 40.1. The third-order valence-electron chi connectivity index (χ3n) is 5.58. The monoisotopic (exact) mass is 421 g/mol. The summed E-state index contributed by atoms with van der Waals surface area (Å²) in [5, 5.41) is 3.30. The zero-order valence-electron chi connectivity index (χ0n) is 16.8. The van der Waals surface area contributed by atoms with Gasteiger partial charge in [0.15, 0.2) is 0 Å². The molecule has 2 fully saturated rings. The largest absolute Gasteiger partial charge is 0.495 e. The molecule has 3 rings (SSSR count). The molecule has 7 nitrogen and oxygen atoms in total. The van der Waals surface area contributed by atoms with E-state index in [0.717, 1.165) is 32.2 Å². The summed E-state index contributed by atoms with van der Waals surface area (Å²) in [6.45, 7) is 2.25. The van der Waals surface area contributed by atoms with Crippen LogP contribution < -0.4 is 10.1 Å². The molecule has 8 heteroatoms. The first-order valence-corrected chi connectivity index (χ1v) is 10.5. The summed E-state index contributed by atoms with van der Waals surface area (Å²) in [6, 6.07) is 5.13. The number of benzene rings is 1. The number of hydrogen-bond acceptors (Lipinski definition) is 4. The summed E-state index contributed by atoms with van der Waals surface area (Å²) in [7, 11) is 1.54. The second-order valence-corrected chi connectivity index (χ2v) is 8.11. The van der Waals surface area contributed by atoms with Crippen molar-refractivity contribution in [3.8, 4) is 5.75 Å². The van der Waals surface area contributed by atoms with Crippen LogP contribution in [0.1, 0.15) is 38.5 Å². The van der Waals surface area contributed by atoms with Crippen molar-refractivity contribution in [2.75, 3.05) is 38.6 Å². The van der Waals surface area contributed by atoms with Crippen LogP contribution in [0.3, 0.4) is 0 Å². The molecule has 158 valence electrons. The maximum absolute atomic E-state index is 12.5. The highest BCUT2D eigenvalue weighted by atomic mass is 35.5. The van der Waals surface area contributed by atoms with Gasteiger partial charge in [0.05, 0.1) is 18.7 Å². The zero-order chi connectivity index (χ0) is 20.8. The van der Waals surface area contributed by atoms with Gasteiger partial charge in [0, 0.05) is 38.2 Å². The van der Waals surface area contributed by atoms with Gasteiger partial charge >= 0.3 is 0 Å². The van der Waals surface area contributed by atoms with Crippen molar-refractivity contribution in [1.82, 2.24) is 9.80 Å². The molecule has 3 amide bonds. The number of nitrogens with zero attached hydrogens (tertiary/aromatic N) is 2. The van der Waals surface area contributed by atoms with Gasteiger partial charge < -0.3 is 19.9 Å². The lowest BCUT2D eigenvalue weighted by atomic mass is 9.93. The Hall–Kier alpha value is -2.28. The molecule has 0 radical (unpaired) electrons. The molecule has 2 aliphatic rings. The molecule has 1 atom stereocenters. The minimum absolute atomic E-state index is 0.0160. The van der Waals surface area contributed by atoms with Crippen LogP contribution in [0, 0.1) is 5.92 Å². The number of carbonyl (C=O) groups is 3. The van der Waals surface area contributed by atoms with E-state index in [1.54, 1.807) is 30.2 Å². The van der Waals surface area contributed by atoms with Crippen LogP contribution in [-0.2, 0) is 14.4 Å². The van der Waals surface area contributed by atoms with Gasteiger partial charge in [-0.05, 0) is 49.8 Å². The molecule has 1 aromatic carbocycles. The smallest absolute Gasteiger partial charge is 0.242 e. The van der Waals surface area contributed by atoms with E-state index < -0.39 is 0 Å². The van der Waals surface area contributed by atoms with Crippen LogP contribution in [0.15, 0.2) is 18.2 Å². The van der Waals surface area contributed by atoms with Crippen molar-refractivity contribution < 1.29 is 19.1 Å². The van der Waals surface area contributed by atoms with Gasteiger partial charge in [-0.1, -0.05) is 11.6 Å². The lowest BCUT2D eigenvalue weighted by Gasteiger charge is -2.33. The minimum Gasteiger partial charge on any atom is -0.495 e. The number of anilines is 1. The number of ether oxygens (including phenoxy) is 1. The Morgan fingerprint density at radius 1 is 1.28 bits per heavy atom. The average molecular weight is 422 g/mol. The van der Waals surface area contributed by atoms with Crippen LogP contribution >= 0.6 is 11.6 Å². The summed E-state index contributed by atoms with van der Waals surface area (Å²) >= 11 is 6.09. The highest BCUT2D eigenvalue weighted by Crippen LogP contribution is 2.27. The zero-order valence-corrected chi connectivity index (χ0v) is 17.5. The minimum atomic E-state index is -0.0719. The Balaban J connectivity index is 1.44. The van der Waals surface area contributed by atoms with E-state index in [2.05, 4.69) is 5.32 Å². The van der Waals surface area contributed by atoms with Gasteiger partial charge in [0.2, 0.25) is 17.7 Å². The second-order valence-electron chi connectivity index (χ2n) is 7.70. The Morgan fingerprint density at radius 3 is 2.79 bits per heavy atom. The first kappa shape index (κ1) is 21.4. The first-order chi connectivity index (χ1) is 14.0. The number of hydrogen-bond donors (Lipinski definition) is 1. The molecule has 2 saturated heterocycles. The molecule has 1 aromatic rings. The fraction of sp³-hybridized carbons (Fsp3) is 0.571. The Kier molecular flexibility index (Phi) is 7.36. The summed E-state index contributed by atoms with van der Waals surface area (Å²) < 4.78 is 5.11. The average Bonchev–Trinajstić information content (AvgIpc) is 3.11. The molecular weight excluding hydrogens is 394 g/mol. The number of methoxy groups -OCH3 is 1. The predicted octanol–water partition coefficient (Wildman–Crippen LogP) is 2.93. The standard InChI is InChI=1S/C21H28ClN3O4/c1-29-18-8-7-16(12-17(18)22)23-19(26)9-6-15-4-2-10-24(13-15)21(28)14-25-11-3-5-20(25)27/h7-8,12,15H,2-6,9-11,13-14H2,1H3,(H,23,26)/t15-/m0/s1. The van der Waals surface area contributed by atoms with Crippen LogP contribution in [0.4, 0.5) is 5.69 Å². The normalized spacial score (nSPS) is 19.4. The SMILES string of the molecule is COc1ccc(NC(=O)CC[C@@H]2CCCN(C(=O)CN3CCCC3=O)C2)cc1Cl. The van der Waals surface area contributed by atoms with Gasteiger partial charge in [-0.25, -0.2) is 0 Å². The van der Waals surface area contributed by atoms with Gasteiger partial charge in [-0.15, -0.1) is 0 Å². The van der Waals surface area contributed by atoms with Gasteiger partial charge in [0.1, 0.15) is 5.75 Å². The topological polar surface area (TPSA) is 79.0 Å². The Labute approximate surface area is 176 Å². The fourth-order valence-corrected chi connectivity index (χ4v) is 4.22. The van der Waals surface area contributed by atoms with E-state index >= 15 is 0 Å². The number of halogens is 1. The molecule has 0 unspecified atom stereocenters. The third-order valence-corrected chi connectivity index (χ3v) is 5.88. The van der Waals surface area contributed by atoms with Crippen molar-refractivity contribution in [3.05, 3.63) is 23.2 Å². The van der Waals surface area contributed by atoms with Crippen molar-refractivity contribution in [2.45, 2.75) is 38.5 Å². The van der Waals surface area contributed by atoms with Crippen LogP contribution in [-0.4, -0.2) is 60.8 Å². The van der Waals surface area contributed by atoms with E-state index in [1.165, 1.54) is 0 Å². The van der Waals surface area contributed by atoms with Gasteiger partial charge in [-0.3, -0.25) is 14.4 Å². The molecule has 29 heavy (non-hydrogen) atoms. The molecule has 2 aliphatic heterocycles. The van der Waals surface area contributed by atoms with Crippen molar-refractivity contribution in [2.24, 2.45) is 5.92 Å². The number of piperidine rings is 1. The van der Waals surface area contributed by atoms with E-state index in [1.807, 2.05) is 4.90 Å². The van der Waals surface area contributed by atoms with Crippen molar-refractivity contribution in [1.29, 1.82) is 0 Å². The summed E-state index contributed by atoms with van der Waals surface area (Å²) in [6.07, 6.45) is 4.44. The number of nitrogens with one attached hydrogen (secondary N) is 1. The maximum atomic E-state index is 12.5. The molecule has 1 N–H and O–H groups in total. The second kappa shape index (κ2) is 9.96. The lowest BCUT2D eigenvalue weighted by molar-refractivity contribution is -0.139. The molecule has 0 aromatic heterocycles. The Bertz CT molecular complexity index is 770. The Morgan fingerprint density at radius 2 is 2.10 bits per heavy atom. The van der Waals surface area contributed by atoms with Crippen LogP contribution in [0.5, 0.6) is 5.75 Å². The molecule has 0 aliphatic carbocycles. The number of carbonyl (C=O) groups excluding carboxylic acids is 3. The highest BCUT2D eigenvalue weighted by molar-refractivity contribution is 6.32. The molecule has 0 bridgehead atoms. The van der Waals surface area contributed by atoms with Crippen molar-refractivity contribution >= 4 is 35.0 Å². The highest BCUT2D eigenvalue weighted by Gasteiger charge is 2.28. The summed E-state index contributed by atoms with van der Waals surface area (Å²) in [5.74, 6) is 0.876. The lowest BCUT2D eigenvalue weighted by Crippen LogP contribution is -2.45. The number of amides is 3. The van der Waals surface area contributed by atoms with E-state index in [4.69, 9.17) is 16.3 Å². The molecule has 0 spiro atoms.